The van der Waals surface area contributed by atoms with E-state index in [1.165, 1.54) is 6.21 Å². The van der Waals surface area contributed by atoms with E-state index >= 15 is 0 Å². The van der Waals surface area contributed by atoms with Crippen molar-refractivity contribution in [3.8, 4) is 17.2 Å². The lowest BCUT2D eigenvalue weighted by molar-refractivity contribution is -0.120. The van der Waals surface area contributed by atoms with E-state index in [4.69, 9.17) is 19.0 Å². The highest BCUT2D eigenvalue weighted by Gasteiger charge is 2.14. The Balaban J connectivity index is 1.44. The van der Waals surface area contributed by atoms with Crippen molar-refractivity contribution in [2.75, 3.05) is 25.3 Å². The van der Waals surface area contributed by atoms with Crippen molar-refractivity contribution in [1.82, 2.24) is 0 Å². The largest absolute Gasteiger partial charge is 0.494 e. The Hall–Kier alpha value is -3.22. The van der Waals surface area contributed by atoms with Crippen LogP contribution in [-0.4, -0.2) is 32.1 Å². The van der Waals surface area contributed by atoms with E-state index in [9.17, 15) is 4.79 Å². The molecule has 0 unspecified atom stereocenters. The van der Waals surface area contributed by atoms with E-state index in [-0.39, 0.29) is 19.3 Å². The predicted octanol–water partition coefficient (Wildman–Crippen LogP) is 2.80. The van der Waals surface area contributed by atoms with Crippen molar-refractivity contribution in [2.45, 2.75) is 6.92 Å². The molecular formula is C18H18N2O5. The van der Waals surface area contributed by atoms with Crippen LogP contribution in [0.15, 0.2) is 47.6 Å². The molecular weight excluding hydrogens is 324 g/mol. The van der Waals surface area contributed by atoms with Gasteiger partial charge < -0.3 is 24.4 Å². The fourth-order valence-corrected chi connectivity index (χ4v) is 2.18. The van der Waals surface area contributed by atoms with Crippen LogP contribution in [0, 0.1) is 0 Å². The Morgan fingerprint density at radius 2 is 2.00 bits per heavy atom. The standard InChI is InChI=1S/C18H18N2O5/c1-2-22-15-6-3-13(4-7-15)10-19-25-11-18(21)20-14-5-8-16-17(9-14)24-12-23-16/h3-10H,2,11-12H2,1H3,(H,20,21)/b19-10-. The summed E-state index contributed by atoms with van der Waals surface area (Å²) in [5, 5.41) is 6.49. The monoisotopic (exact) mass is 342 g/mol. The van der Waals surface area contributed by atoms with E-state index in [0.717, 1.165) is 11.3 Å². The summed E-state index contributed by atoms with van der Waals surface area (Å²) in [6.45, 7) is 2.55. The van der Waals surface area contributed by atoms with Gasteiger partial charge in [0.2, 0.25) is 6.79 Å². The van der Waals surface area contributed by atoms with Gasteiger partial charge in [-0.05, 0) is 48.9 Å². The van der Waals surface area contributed by atoms with Gasteiger partial charge in [-0.15, -0.1) is 0 Å². The summed E-state index contributed by atoms with van der Waals surface area (Å²) in [4.78, 5) is 16.9. The van der Waals surface area contributed by atoms with Gasteiger partial charge in [0.05, 0.1) is 12.8 Å². The number of nitrogens with zero attached hydrogens (tertiary/aromatic N) is 1. The number of hydrogen-bond acceptors (Lipinski definition) is 6. The molecule has 1 aliphatic heterocycles. The number of amides is 1. The number of rotatable bonds is 7. The Morgan fingerprint density at radius 3 is 2.80 bits per heavy atom. The third-order valence-corrected chi connectivity index (χ3v) is 3.32. The second-order valence-electron chi connectivity index (χ2n) is 5.13. The van der Waals surface area contributed by atoms with E-state index in [1.807, 2.05) is 31.2 Å². The summed E-state index contributed by atoms with van der Waals surface area (Å²) in [5.74, 6) is 1.74. The van der Waals surface area contributed by atoms with E-state index in [0.29, 0.717) is 23.8 Å². The van der Waals surface area contributed by atoms with Crippen LogP contribution >= 0.6 is 0 Å². The van der Waals surface area contributed by atoms with Crippen molar-refractivity contribution in [2.24, 2.45) is 5.16 Å². The van der Waals surface area contributed by atoms with Gasteiger partial charge in [-0.1, -0.05) is 5.16 Å². The second kappa shape index (κ2) is 8.05. The number of oxime groups is 1. The molecule has 0 saturated heterocycles. The van der Waals surface area contributed by atoms with Crippen LogP contribution in [0.5, 0.6) is 17.2 Å². The lowest BCUT2D eigenvalue weighted by atomic mass is 10.2. The molecule has 0 radical (unpaired) electrons. The summed E-state index contributed by atoms with van der Waals surface area (Å²) in [6, 6.07) is 12.6. The average molecular weight is 342 g/mol. The molecule has 3 rings (SSSR count). The Labute approximate surface area is 145 Å². The maximum Gasteiger partial charge on any atom is 0.265 e. The van der Waals surface area contributed by atoms with Gasteiger partial charge in [-0.2, -0.15) is 0 Å². The molecule has 0 saturated carbocycles. The van der Waals surface area contributed by atoms with Gasteiger partial charge >= 0.3 is 0 Å². The van der Waals surface area contributed by atoms with Crippen molar-refractivity contribution in [3.05, 3.63) is 48.0 Å². The van der Waals surface area contributed by atoms with Gasteiger partial charge in [0.15, 0.2) is 18.1 Å². The van der Waals surface area contributed by atoms with E-state index in [1.54, 1.807) is 18.2 Å². The molecule has 0 aliphatic carbocycles. The minimum absolute atomic E-state index is 0.191. The number of anilines is 1. The van der Waals surface area contributed by atoms with Crippen LogP contribution in [0.2, 0.25) is 0 Å². The highest BCUT2D eigenvalue weighted by atomic mass is 16.7. The molecule has 7 heteroatoms. The molecule has 0 fully saturated rings. The van der Waals surface area contributed by atoms with Crippen LogP contribution < -0.4 is 19.5 Å². The first kappa shape index (κ1) is 16.6. The number of benzene rings is 2. The van der Waals surface area contributed by atoms with Gasteiger partial charge in [0.25, 0.3) is 5.91 Å². The minimum Gasteiger partial charge on any atom is -0.494 e. The van der Waals surface area contributed by atoms with Crippen molar-refractivity contribution in [3.63, 3.8) is 0 Å². The molecule has 0 spiro atoms. The number of hydrogen-bond donors (Lipinski definition) is 1. The molecule has 2 aromatic rings. The zero-order valence-corrected chi connectivity index (χ0v) is 13.7. The first-order chi connectivity index (χ1) is 12.2. The normalized spacial score (nSPS) is 12.2. The van der Waals surface area contributed by atoms with Crippen LogP contribution in [0.1, 0.15) is 12.5 Å². The Kier molecular flexibility index (Phi) is 5.36. The summed E-state index contributed by atoms with van der Waals surface area (Å²) in [6.07, 6.45) is 1.53. The zero-order valence-electron chi connectivity index (χ0n) is 13.7. The van der Waals surface area contributed by atoms with Crippen molar-refractivity contribution >= 4 is 17.8 Å². The smallest absolute Gasteiger partial charge is 0.265 e. The highest BCUT2D eigenvalue weighted by Crippen LogP contribution is 2.34. The van der Waals surface area contributed by atoms with Crippen molar-refractivity contribution < 1.29 is 23.8 Å². The predicted molar refractivity (Wildman–Crippen MR) is 92.4 cm³/mol. The molecule has 1 aliphatic rings. The average Bonchev–Trinajstić information content (AvgIpc) is 3.08. The molecule has 0 atom stereocenters. The van der Waals surface area contributed by atoms with E-state index < -0.39 is 0 Å². The summed E-state index contributed by atoms with van der Waals surface area (Å²) in [7, 11) is 0. The first-order valence-electron chi connectivity index (χ1n) is 7.82. The number of carbonyl (C=O) groups is 1. The molecule has 1 heterocycles. The maximum absolute atomic E-state index is 11.8. The Bertz CT molecular complexity index is 759. The molecule has 0 aromatic heterocycles. The van der Waals surface area contributed by atoms with Crippen LogP contribution in [0.3, 0.4) is 0 Å². The summed E-state index contributed by atoms with van der Waals surface area (Å²) >= 11 is 0. The SMILES string of the molecule is CCOc1ccc(/C=N\OCC(=O)Nc2ccc3c(c2)OCO3)cc1. The number of ether oxygens (including phenoxy) is 3. The highest BCUT2D eigenvalue weighted by molar-refractivity contribution is 5.92. The van der Waals surface area contributed by atoms with Gasteiger partial charge in [0.1, 0.15) is 5.75 Å². The van der Waals surface area contributed by atoms with E-state index in [2.05, 4.69) is 10.5 Å². The quantitative estimate of drug-likeness (QED) is 0.618. The minimum atomic E-state index is -0.317. The zero-order chi connectivity index (χ0) is 17.5. The molecule has 2 aromatic carbocycles. The summed E-state index contributed by atoms with van der Waals surface area (Å²) in [5.41, 5.74) is 1.45. The lowest BCUT2D eigenvalue weighted by Crippen LogP contribution is -2.16. The molecule has 0 bridgehead atoms. The Morgan fingerprint density at radius 1 is 1.20 bits per heavy atom. The van der Waals surface area contributed by atoms with Crippen LogP contribution in [0.25, 0.3) is 0 Å². The second-order valence-corrected chi connectivity index (χ2v) is 5.13. The molecule has 130 valence electrons. The molecule has 1 amide bonds. The third-order valence-electron chi connectivity index (χ3n) is 3.32. The first-order valence-corrected chi connectivity index (χ1v) is 7.82. The number of nitrogens with one attached hydrogen (secondary N) is 1. The number of carbonyl (C=O) groups excluding carboxylic acids is 1. The van der Waals surface area contributed by atoms with Gasteiger partial charge in [-0.3, -0.25) is 4.79 Å². The molecule has 7 nitrogen and oxygen atoms in total. The van der Waals surface area contributed by atoms with Crippen LogP contribution in [0.4, 0.5) is 5.69 Å². The van der Waals surface area contributed by atoms with Crippen molar-refractivity contribution in [1.29, 1.82) is 0 Å². The van der Waals surface area contributed by atoms with Gasteiger partial charge in [-0.25, -0.2) is 0 Å². The number of fused-ring (bicyclic) bond motifs is 1. The van der Waals surface area contributed by atoms with Gasteiger partial charge in [0, 0.05) is 11.8 Å². The lowest BCUT2D eigenvalue weighted by Gasteiger charge is -2.05. The van der Waals surface area contributed by atoms with Crippen LogP contribution in [-0.2, 0) is 9.63 Å². The fraction of sp³-hybridized carbons (Fsp3) is 0.222. The molecule has 25 heavy (non-hydrogen) atoms. The fourth-order valence-electron chi connectivity index (χ4n) is 2.18. The molecule has 1 N–H and O–H groups in total. The summed E-state index contributed by atoms with van der Waals surface area (Å²) < 4.78 is 15.8. The topological polar surface area (TPSA) is 78.4 Å². The maximum atomic E-state index is 11.8. The third kappa shape index (κ3) is 4.63.